The fourth-order valence-electron chi connectivity index (χ4n) is 5.17. The predicted molar refractivity (Wildman–Crippen MR) is 130 cm³/mol. The van der Waals surface area contributed by atoms with Gasteiger partial charge in [-0.2, -0.15) is 26.3 Å². The van der Waals surface area contributed by atoms with Gasteiger partial charge >= 0.3 is 23.9 Å². The van der Waals surface area contributed by atoms with E-state index in [0.29, 0.717) is 0 Å². The summed E-state index contributed by atoms with van der Waals surface area (Å²) in [4.78, 5) is 55.3. The summed E-state index contributed by atoms with van der Waals surface area (Å²) in [5.41, 5.74) is -5.95. The van der Waals surface area contributed by atoms with Crippen molar-refractivity contribution in [1.82, 2.24) is 19.7 Å². The first-order chi connectivity index (χ1) is 19.6. The number of amides is 2. The predicted octanol–water partition coefficient (Wildman–Crippen LogP) is 3.44. The van der Waals surface area contributed by atoms with E-state index in [-0.39, 0.29) is 37.1 Å². The number of piperazine rings is 1. The normalized spacial score (nSPS) is 17.0. The first kappa shape index (κ1) is 31.0. The highest BCUT2D eigenvalue weighted by Crippen LogP contribution is 2.31. The summed E-state index contributed by atoms with van der Waals surface area (Å²) in [6, 6.07) is 3.06. The van der Waals surface area contributed by atoms with Gasteiger partial charge in [0.1, 0.15) is 17.9 Å². The highest BCUT2D eigenvalue weighted by atomic mass is 19.4. The first-order valence-electron chi connectivity index (χ1n) is 12.9. The molecule has 0 bridgehead atoms. The minimum absolute atomic E-state index is 0.00277. The fraction of sp³-hybridized carbons (Fsp3) is 0.500. The Labute approximate surface area is 233 Å². The molecule has 0 spiro atoms. The molecule has 4 rings (SSSR count). The lowest BCUT2D eigenvalue weighted by atomic mass is 9.93. The molecule has 16 heteroatoms. The van der Waals surface area contributed by atoms with Crippen molar-refractivity contribution in [3.05, 3.63) is 62.3 Å². The number of benzene rings is 1. The summed E-state index contributed by atoms with van der Waals surface area (Å²) in [5, 5.41) is 3.37. The van der Waals surface area contributed by atoms with E-state index in [1.807, 2.05) is 0 Å². The number of halogens is 7. The lowest BCUT2D eigenvalue weighted by Crippen LogP contribution is -2.55. The third kappa shape index (κ3) is 6.57. The quantitative estimate of drug-likeness (QED) is 0.484. The number of carbonyl (C=O) groups is 3. The van der Waals surface area contributed by atoms with Crippen LogP contribution in [0.4, 0.5) is 30.7 Å². The van der Waals surface area contributed by atoms with E-state index in [4.69, 9.17) is 0 Å². The summed E-state index contributed by atoms with van der Waals surface area (Å²) in [6.07, 6.45) is -6.81. The zero-order chi connectivity index (χ0) is 31.0. The van der Waals surface area contributed by atoms with Crippen LogP contribution in [0.15, 0.2) is 23.0 Å². The molecule has 228 valence electrons. The maximum Gasteiger partial charge on any atom is 0.493 e. The number of carbonyl (C=O) groups excluding carboxylic acids is 3. The zero-order valence-electron chi connectivity index (χ0n) is 22.1. The van der Waals surface area contributed by atoms with E-state index < -0.39 is 69.3 Å². The lowest BCUT2D eigenvalue weighted by molar-refractivity contribution is -0.202. The maximum absolute atomic E-state index is 14.7. The Morgan fingerprint density at radius 3 is 2.29 bits per heavy atom. The Balaban J connectivity index is 1.60. The third-order valence-corrected chi connectivity index (χ3v) is 7.28. The minimum Gasteiger partial charge on any atom is -0.336 e. The molecule has 0 radical (unpaired) electrons. The van der Waals surface area contributed by atoms with E-state index in [9.17, 15) is 49.9 Å². The smallest absolute Gasteiger partial charge is 0.336 e. The van der Waals surface area contributed by atoms with Crippen molar-refractivity contribution < 1.29 is 50.0 Å². The topological polar surface area (TPSA) is 102 Å². The minimum atomic E-state index is -5.64. The molecule has 1 aromatic carbocycles. The van der Waals surface area contributed by atoms with Gasteiger partial charge in [0.05, 0.1) is 11.3 Å². The Hall–Kier alpha value is -3.98. The van der Waals surface area contributed by atoms with Crippen LogP contribution in [0.25, 0.3) is 0 Å². The van der Waals surface area contributed by atoms with E-state index in [0.717, 1.165) is 62.1 Å². The van der Waals surface area contributed by atoms with Gasteiger partial charge in [-0.1, -0.05) is 25.3 Å². The van der Waals surface area contributed by atoms with Gasteiger partial charge in [0, 0.05) is 25.6 Å². The second-order valence-electron chi connectivity index (χ2n) is 10.1. The summed E-state index contributed by atoms with van der Waals surface area (Å²) in [6.45, 7) is 0.952. The second kappa shape index (κ2) is 11.7. The van der Waals surface area contributed by atoms with Crippen LogP contribution >= 0.6 is 0 Å². The number of hydrogen-bond donors (Lipinski definition) is 0. The Kier molecular flexibility index (Phi) is 8.64. The molecular formula is C26H25F7N4O5. The van der Waals surface area contributed by atoms with Crippen molar-refractivity contribution >= 4 is 17.8 Å². The van der Waals surface area contributed by atoms with Crippen LogP contribution in [0.2, 0.25) is 0 Å². The lowest BCUT2D eigenvalue weighted by Gasteiger charge is -2.40. The zero-order valence-corrected chi connectivity index (χ0v) is 22.1. The van der Waals surface area contributed by atoms with Gasteiger partial charge < -0.3 is 14.6 Å². The summed E-state index contributed by atoms with van der Waals surface area (Å²) >= 11 is 0. The summed E-state index contributed by atoms with van der Waals surface area (Å²) < 4.78 is 93.6. The van der Waals surface area contributed by atoms with Gasteiger partial charge in [-0.3, -0.25) is 14.4 Å². The molecule has 1 saturated heterocycles. The first-order valence-corrected chi connectivity index (χ1v) is 12.9. The van der Waals surface area contributed by atoms with Gasteiger partial charge in [0.15, 0.2) is 0 Å². The molecular weight excluding hydrogens is 581 g/mol. The van der Waals surface area contributed by atoms with Crippen molar-refractivity contribution in [2.24, 2.45) is 0 Å². The monoisotopic (exact) mass is 606 g/mol. The van der Waals surface area contributed by atoms with Gasteiger partial charge in [0.25, 0.3) is 5.91 Å². The second-order valence-corrected chi connectivity index (χ2v) is 10.1. The van der Waals surface area contributed by atoms with Gasteiger partial charge in [-0.25, -0.2) is 9.18 Å². The van der Waals surface area contributed by atoms with Crippen molar-refractivity contribution in [2.45, 2.75) is 63.8 Å². The van der Waals surface area contributed by atoms with Crippen LogP contribution in [0, 0.1) is 12.7 Å². The van der Waals surface area contributed by atoms with Crippen LogP contribution in [0.3, 0.4) is 0 Å². The van der Waals surface area contributed by atoms with Gasteiger partial charge in [-0.15, -0.1) is 5.10 Å². The van der Waals surface area contributed by atoms with E-state index in [1.54, 1.807) is 4.90 Å². The Bertz CT molecular complexity index is 1450. The molecule has 2 amide bonds. The van der Waals surface area contributed by atoms with Crippen LogP contribution in [-0.4, -0.2) is 69.4 Å². The molecule has 0 unspecified atom stereocenters. The van der Waals surface area contributed by atoms with Crippen LogP contribution in [0.5, 0.6) is 0 Å². The summed E-state index contributed by atoms with van der Waals surface area (Å²) in [5.74, 6) is -5.08. The van der Waals surface area contributed by atoms with E-state index in [2.05, 4.69) is 9.94 Å². The number of alkyl halides is 6. The molecule has 1 saturated carbocycles. The molecule has 1 aromatic heterocycles. The van der Waals surface area contributed by atoms with Crippen molar-refractivity contribution in [3.8, 4) is 0 Å². The van der Waals surface area contributed by atoms with Crippen molar-refractivity contribution in [1.29, 1.82) is 0 Å². The molecule has 1 aliphatic carbocycles. The largest absolute Gasteiger partial charge is 0.493 e. The summed E-state index contributed by atoms with van der Waals surface area (Å²) in [7, 11) is 0. The maximum atomic E-state index is 14.7. The molecule has 2 heterocycles. The van der Waals surface area contributed by atoms with Crippen LogP contribution in [-0.2, 0) is 22.2 Å². The molecule has 1 aliphatic heterocycles. The molecule has 9 nitrogen and oxygen atoms in total. The Morgan fingerprint density at radius 1 is 1.02 bits per heavy atom. The molecule has 0 atom stereocenters. The third-order valence-electron chi connectivity index (χ3n) is 7.28. The highest BCUT2D eigenvalue weighted by molar-refractivity contribution is 5.97. The van der Waals surface area contributed by atoms with Gasteiger partial charge in [0.2, 0.25) is 5.91 Å². The number of rotatable bonds is 5. The number of nitrogens with zero attached hydrogens (tertiary/aromatic N) is 4. The fourth-order valence-corrected chi connectivity index (χ4v) is 5.17. The highest BCUT2D eigenvalue weighted by Gasteiger charge is 2.44. The molecule has 2 aliphatic rings. The van der Waals surface area contributed by atoms with E-state index >= 15 is 0 Å². The van der Waals surface area contributed by atoms with Crippen LogP contribution < -0.4 is 10.4 Å². The van der Waals surface area contributed by atoms with Gasteiger partial charge in [-0.05, 0) is 47.9 Å². The molecule has 42 heavy (non-hydrogen) atoms. The molecule has 2 fully saturated rings. The standard InChI is InChI=1S/C26H25F7N4O5/c1-14-19(34-37(42-24(41)26(31,32)33)23(40)21(14)25(28,29)30)12-15-7-8-18(27)17(11-15)22(39)35-9-10-36(20(38)13-35)16-5-3-2-4-6-16/h7-8,11,16H,2-6,9-10,12-13H2,1H3. The van der Waals surface area contributed by atoms with E-state index in [1.165, 1.54) is 0 Å². The van der Waals surface area contributed by atoms with Crippen molar-refractivity contribution in [2.75, 3.05) is 19.6 Å². The molecule has 2 aromatic rings. The van der Waals surface area contributed by atoms with Crippen molar-refractivity contribution in [3.63, 3.8) is 0 Å². The Morgan fingerprint density at radius 2 is 1.69 bits per heavy atom. The van der Waals surface area contributed by atoms with Crippen LogP contribution in [0.1, 0.15) is 64.8 Å². The number of aromatic nitrogens is 2. The average molecular weight is 606 g/mol. The number of hydrogen-bond acceptors (Lipinski definition) is 6. The SMILES string of the molecule is Cc1c(Cc2ccc(F)c(C(=O)N3CCN(C4CCCCC4)C(=O)C3)c2)nn(OC(=O)C(F)(F)F)c(=O)c1C(F)(F)F. The molecule has 0 N–H and O–H groups in total. The average Bonchev–Trinajstić information content (AvgIpc) is 2.91.